The lowest BCUT2D eigenvalue weighted by Gasteiger charge is -2.31. The van der Waals surface area contributed by atoms with Gasteiger partial charge in [0.25, 0.3) is 0 Å². The van der Waals surface area contributed by atoms with Crippen LogP contribution in [-0.2, 0) is 4.79 Å². The Morgan fingerprint density at radius 3 is 2.69 bits per heavy atom. The van der Waals surface area contributed by atoms with Crippen LogP contribution in [-0.4, -0.2) is 54.8 Å². The Kier molecular flexibility index (Phi) is 3.59. The number of nitrogens with zero attached hydrogens (tertiary/aromatic N) is 3. The minimum atomic E-state index is 0.232. The Bertz CT molecular complexity index is 293. The van der Waals surface area contributed by atoms with Gasteiger partial charge in [-0.1, -0.05) is 6.92 Å². The van der Waals surface area contributed by atoms with E-state index in [4.69, 9.17) is 0 Å². The maximum atomic E-state index is 11.8. The summed E-state index contributed by atoms with van der Waals surface area (Å²) >= 11 is 0. The van der Waals surface area contributed by atoms with Crippen LogP contribution in [0.3, 0.4) is 0 Å². The van der Waals surface area contributed by atoms with Crippen LogP contribution >= 0.6 is 0 Å². The van der Waals surface area contributed by atoms with Crippen molar-refractivity contribution >= 4 is 11.7 Å². The summed E-state index contributed by atoms with van der Waals surface area (Å²) in [6, 6.07) is 0. The Morgan fingerprint density at radius 1 is 1.38 bits per heavy atom. The lowest BCUT2D eigenvalue weighted by Crippen LogP contribution is -2.42. The molecule has 0 bridgehead atoms. The molecule has 16 heavy (non-hydrogen) atoms. The van der Waals surface area contributed by atoms with Gasteiger partial charge in [-0.2, -0.15) is 0 Å². The zero-order valence-electron chi connectivity index (χ0n) is 10.3. The predicted octanol–water partition coefficient (Wildman–Crippen LogP) is 0.979. The van der Waals surface area contributed by atoms with Gasteiger partial charge < -0.3 is 4.90 Å². The molecule has 90 valence electrons. The van der Waals surface area contributed by atoms with E-state index in [1.807, 2.05) is 11.8 Å². The van der Waals surface area contributed by atoms with Gasteiger partial charge in [0.05, 0.1) is 6.54 Å². The van der Waals surface area contributed by atoms with Gasteiger partial charge in [0.1, 0.15) is 5.84 Å². The van der Waals surface area contributed by atoms with Crippen molar-refractivity contribution in [3.63, 3.8) is 0 Å². The fourth-order valence-electron chi connectivity index (χ4n) is 2.52. The van der Waals surface area contributed by atoms with Gasteiger partial charge in [-0.05, 0) is 33.0 Å². The molecule has 0 N–H and O–H groups in total. The van der Waals surface area contributed by atoms with E-state index in [2.05, 4.69) is 16.9 Å². The molecule has 1 amide bonds. The molecule has 4 nitrogen and oxygen atoms in total. The molecule has 1 fully saturated rings. The highest BCUT2D eigenvalue weighted by molar-refractivity contribution is 6.00. The Balaban J connectivity index is 2.00. The van der Waals surface area contributed by atoms with E-state index in [0.717, 1.165) is 44.9 Å². The minimum Gasteiger partial charge on any atom is -0.306 e. The lowest BCUT2D eigenvalue weighted by atomic mass is 9.95. The number of piperidine rings is 1. The average Bonchev–Trinajstić information content (AvgIpc) is 2.78. The van der Waals surface area contributed by atoms with Crippen LogP contribution in [0.15, 0.2) is 4.99 Å². The highest BCUT2D eigenvalue weighted by Crippen LogP contribution is 2.22. The summed E-state index contributed by atoms with van der Waals surface area (Å²) < 4.78 is 0. The Morgan fingerprint density at radius 2 is 2.06 bits per heavy atom. The number of hydrogen-bond acceptors (Lipinski definition) is 3. The first-order chi connectivity index (χ1) is 7.72. The minimum absolute atomic E-state index is 0.232. The maximum absolute atomic E-state index is 11.8. The molecule has 2 aliphatic heterocycles. The summed E-state index contributed by atoms with van der Waals surface area (Å²) in [4.78, 5) is 20.6. The molecule has 0 aromatic heterocycles. The van der Waals surface area contributed by atoms with Crippen LogP contribution in [0.5, 0.6) is 0 Å². The van der Waals surface area contributed by atoms with Crippen molar-refractivity contribution in [2.45, 2.75) is 26.2 Å². The number of amides is 1. The third kappa shape index (κ3) is 2.26. The van der Waals surface area contributed by atoms with Crippen LogP contribution in [0, 0.1) is 5.92 Å². The first-order valence-electron chi connectivity index (χ1n) is 6.25. The van der Waals surface area contributed by atoms with Crippen molar-refractivity contribution < 1.29 is 4.79 Å². The maximum Gasteiger partial charge on any atom is 0.227 e. The van der Waals surface area contributed by atoms with E-state index in [9.17, 15) is 4.79 Å². The van der Waals surface area contributed by atoms with Gasteiger partial charge in [0.15, 0.2) is 0 Å². The number of carbonyl (C=O) groups is 1. The van der Waals surface area contributed by atoms with Crippen molar-refractivity contribution in [1.29, 1.82) is 0 Å². The van der Waals surface area contributed by atoms with Gasteiger partial charge in [0, 0.05) is 18.9 Å². The van der Waals surface area contributed by atoms with Crippen LogP contribution in [0.4, 0.5) is 0 Å². The second-order valence-corrected chi connectivity index (χ2v) is 4.72. The van der Waals surface area contributed by atoms with Crippen LogP contribution in [0.25, 0.3) is 0 Å². The summed E-state index contributed by atoms with van der Waals surface area (Å²) in [5.41, 5.74) is 0. The molecule has 1 saturated heterocycles. The highest BCUT2D eigenvalue weighted by atomic mass is 16.2. The SMILES string of the molecule is CCC(=O)N1CCN=C1C1CCN(C)CC1. The van der Waals surface area contributed by atoms with Crippen molar-refractivity contribution in [3.05, 3.63) is 0 Å². The molecule has 0 aromatic rings. The molecule has 0 aromatic carbocycles. The largest absolute Gasteiger partial charge is 0.306 e. The fourth-order valence-corrected chi connectivity index (χ4v) is 2.52. The molecule has 4 heteroatoms. The number of carbonyl (C=O) groups excluding carboxylic acids is 1. The molecule has 0 aliphatic carbocycles. The summed E-state index contributed by atoms with van der Waals surface area (Å²) in [7, 11) is 2.15. The quantitative estimate of drug-likeness (QED) is 0.699. The second kappa shape index (κ2) is 4.95. The standard InChI is InChI=1S/C12H21N3O/c1-3-11(16)15-9-6-13-12(15)10-4-7-14(2)8-5-10/h10H,3-9H2,1-2H3. The molecule has 2 heterocycles. The monoisotopic (exact) mass is 223 g/mol. The van der Waals surface area contributed by atoms with Gasteiger partial charge in [-0.15, -0.1) is 0 Å². The normalized spacial score (nSPS) is 23.6. The predicted molar refractivity (Wildman–Crippen MR) is 64.5 cm³/mol. The number of hydrogen-bond donors (Lipinski definition) is 0. The smallest absolute Gasteiger partial charge is 0.227 e. The molecule has 0 unspecified atom stereocenters. The molecule has 0 saturated carbocycles. The van der Waals surface area contributed by atoms with E-state index >= 15 is 0 Å². The Hall–Kier alpha value is -0.900. The van der Waals surface area contributed by atoms with Crippen LogP contribution in [0.1, 0.15) is 26.2 Å². The molecular weight excluding hydrogens is 202 g/mol. The third-order valence-corrected chi connectivity index (χ3v) is 3.56. The average molecular weight is 223 g/mol. The van der Waals surface area contributed by atoms with Crippen LogP contribution in [0.2, 0.25) is 0 Å². The van der Waals surface area contributed by atoms with Crippen LogP contribution < -0.4 is 0 Å². The van der Waals surface area contributed by atoms with E-state index in [0.29, 0.717) is 12.3 Å². The van der Waals surface area contributed by atoms with E-state index in [1.54, 1.807) is 0 Å². The van der Waals surface area contributed by atoms with E-state index in [-0.39, 0.29) is 5.91 Å². The zero-order valence-corrected chi connectivity index (χ0v) is 10.3. The second-order valence-electron chi connectivity index (χ2n) is 4.72. The summed E-state index contributed by atoms with van der Waals surface area (Å²) in [5.74, 6) is 1.81. The van der Waals surface area contributed by atoms with Crippen molar-refractivity contribution in [2.24, 2.45) is 10.9 Å². The van der Waals surface area contributed by atoms with E-state index in [1.165, 1.54) is 0 Å². The Labute approximate surface area is 97.3 Å². The molecule has 0 spiro atoms. The first-order valence-corrected chi connectivity index (χ1v) is 6.25. The van der Waals surface area contributed by atoms with Gasteiger partial charge in [-0.3, -0.25) is 14.7 Å². The zero-order chi connectivity index (χ0) is 11.5. The molecule has 0 radical (unpaired) electrons. The van der Waals surface area contributed by atoms with Crippen molar-refractivity contribution in [3.8, 4) is 0 Å². The molecule has 0 atom stereocenters. The topological polar surface area (TPSA) is 35.9 Å². The summed E-state index contributed by atoms with van der Waals surface area (Å²) in [5, 5.41) is 0. The third-order valence-electron chi connectivity index (χ3n) is 3.56. The molecule has 2 aliphatic rings. The van der Waals surface area contributed by atoms with Gasteiger partial charge in [0.2, 0.25) is 5.91 Å². The number of likely N-dealkylation sites (tertiary alicyclic amines) is 1. The van der Waals surface area contributed by atoms with Crippen molar-refractivity contribution in [1.82, 2.24) is 9.80 Å². The lowest BCUT2D eigenvalue weighted by molar-refractivity contribution is -0.126. The van der Waals surface area contributed by atoms with Gasteiger partial charge in [-0.25, -0.2) is 0 Å². The first kappa shape index (κ1) is 11.6. The number of rotatable bonds is 2. The van der Waals surface area contributed by atoms with Crippen molar-refractivity contribution in [2.75, 3.05) is 33.2 Å². The number of amidine groups is 1. The fraction of sp³-hybridized carbons (Fsp3) is 0.833. The molecular formula is C12H21N3O. The highest BCUT2D eigenvalue weighted by Gasteiger charge is 2.30. The number of aliphatic imine (C=N–C) groups is 1. The summed E-state index contributed by atoms with van der Waals surface area (Å²) in [6.07, 6.45) is 2.87. The van der Waals surface area contributed by atoms with E-state index < -0.39 is 0 Å². The molecule has 2 rings (SSSR count). The van der Waals surface area contributed by atoms with Gasteiger partial charge >= 0.3 is 0 Å². The summed E-state index contributed by atoms with van der Waals surface area (Å²) in [6.45, 7) is 5.77.